The highest BCUT2D eigenvalue weighted by Crippen LogP contribution is 2.60. The molecule has 0 amide bonds. The van der Waals surface area contributed by atoms with Crippen LogP contribution in [-0.2, 0) is 23.9 Å². The van der Waals surface area contributed by atoms with Crippen LogP contribution in [0.2, 0.25) is 0 Å². The molecule has 4 aliphatic carbocycles. The Kier molecular flexibility index (Phi) is 5.45. The normalized spacial score (nSPS) is 32.8. The Morgan fingerprint density at radius 1 is 1.08 bits per heavy atom. The van der Waals surface area contributed by atoms with Gasteiger partial charge in [0.2, 0.25) is 0 Å². The second kappa shape index (κ2) is 8.44. The van der Waals surface area contributed by atoms with Crippen LogP contribution >= 0.6 is 0 Å². The second-order valence-electron chi connectivity index (χ2n) is 11.1. The van der Waals surface area contributed by atoms with Crippen LogP contribution in [0.3, 0.4) is 0 Å². The molecule has 0 aromatic heterocycles. The number of rotatable bonds is 6. The van der Waals surface area contributed by atoms with Gasteiger partial charge in [-0.3, -0.25) is 0 Å². The topological polar surface area (TPSA) is 83.4 Å². The van der Waals surface area contributed by atoms with E-state index >= 15 is 0 Å². The third-order valence-corrected chi connectivity index (χ3v) is 8.19. The molecule has 7 rings (SSSR count). The summed E-state index contributed by atoms with van der Waals surface area (Å²) < 4.78 is 18.2. The van der Waals surface area contributed by atoms with Gasteiger partial charge in [-0.25, -0.2) is 9.59 Å². The van der Waals surface area contributed by atoms with Crippen LogP contribution in [0.25, 0.3) is 10.8 Å². The molecule has 0 N–H and O–H groups in total. The molecule has 1 aliphatic heterocycles. The van der Waals surface area contributed by atoms with Gasteiger partial charge in [-0.15, -0.1) is 0 Å². The summed E-state index contributed by atoms with van der Waals surface area (Å²) in [5, 5.41) is 6.29. The van der Waals surface area contributed by atoms with E-state index in [1.165, 1.54) is 0 Å². The van der Waals surface area contributed by atoms with Gasteiger partial charge < -0.3 is 19.0 Å². The monoisotopic (exact) mass is 489 g/mol. The zero-order valence-electron chi connectivity index (χ0n) is 20.7. The van der Waals surface area contributed by atoms with Gasteiger partial charge in [0.15, 0.2) is 0 Å². The van der Waals surface area contributed by atoms with E-state index in [9.17, 15) is 9.59 Å². The van der Waals surface area contributed by atoms with E-state index in [0.29, 0.717) is 29.5 Å². The summed E-state index contributed by atoms with van der Waals surface area (Å²) in [5.41, 5.74) is 0.860. The van der Waals surface area contributed by atoms with Crippen molar-refractivity contribution < 1.29 is 28.6 Å². The van der Waals surface area contributed by atoms with E-state index in [1.807, 2.05) is 43.3 Å². The predicted molar refractivity (Wildman–Crippen MR) is 134 cm³/mol. The maximum absolute atomic E-state index is 12.7. The fraction of sp³-hybridized carbons (Fsp3) is 0.483. The molecule has 4 fully saturated rings. The van der Waals surface area contributed by atoms with Crippen LogP contribution in [0, 0.1) is 11.8 Å². The molecule has 188 valence electrons. The summed E-state index contributed by atoms with van der Waals surface area (Å²) in [6.45, 7) is 7.09. The van der Waals surface area contributed by atoms with Gasteiger partial charge in [0.1, 0.15) is 29.8 Å². The molecule has 0 spiro atoms. The Hall–Kier alpha value is -3.19. The van der Waals surface area contributed by atoms with E-state index in [1.54, 1.807) is 6.92 Å². The molecule has 36 heavy (non-hydrogen) atoms. The highest BCUT2D eigenvalue weighted by atomic mass is 16.7. The molecule has 2 aromatic rings. The lowest BCUT2D eigenvalue weighted by atomic mass is 9.52. The molecule has 0 saturated heterocycles. The number of benzene rings is 2. The third-order valence-electron chi connectivity index (χ3n) is 8.19. The lowest BCUT2D eigenvalue weighted by Gasteiger charge is -2.60. The molecular weight excluding hydrogens is 458 g/mol. The van der Waals surface area contributed by atoms with Crippen LogP contribution in [0.4, 0.5) is 0 Å². The Morgan fingerprint density at radius 2 is 1.81 bits per heavy atom. The SMILES string of the molecule is C=C(C)C(=O)OC12CC3CC(CC(OCC(=O)ON=C4c5c(ccc6ccccc56)OC4C)(C3)C1)C2. The molecule has 2 aromatic carbocycles. The lowest BCUT2D eigenvalue weighted by molar-refractivity contribution is -0.233. The quantitative estimate of drug-likeness (QED) is 0.243. The summed E-state index contributed by atoms with van der Waals surface area (Å²) in [5.74, 6) is 0.703. The van der Waals surface area contributed by atoms with Crippen LogP contribution in [0.5, 0.6) is 5.75 Å². The van der Waals surface area contributed by atoms with Gasteiger partial charge >= 0.3 is 11.9 Å². The van der Waals surface area contributed by atoms with Gasteiger partial charge in [-0.1, -0.05) is 42.1 Å². The maximum atomic E-state index is 12.7. The number of carbonyl (C=O) groups is 2. The van der Waals surface area contributed by atoms with Gasteiger partial charge in [-0.05, 0) is 74.6 Å². The number of hydrogen-bond donors (Lipinski definition) is 0. The van der Waals surface area contributed by atoms with Crippen LogP contribution < -0.4 is 4.74 Å². The van der Waals surface area contributed by atoms with Gasteiger partial charge in [-0.2, -0.15) is 0 Å². The molecule has 3 unspecified atom stereocenters. The number of hydrogen-bond acceptors (Lipinski definition) is 7. The lowest BCUT2D eigenvalue weighted by Crippen LogP contribution is -2.61. The van der Waals surface area contributed by atoms with Crippen LogP contribution in [0.15, 0.2) is 53.7 Å². The average molecular weight is 490 g/mol. The summed E-state index contributed by atoms with van der Waals surface area (Å²) in [7, 11) is 0. The minimum atomic E-state index is -0.549. The molecule has 5 aliphatic rings. The van der Waals surface area contributed by atoms with Crippen molar-refractivity contribution in [3.63, 3.8) is 0 Å². The Bertz CT molecular complexity index is 1280. The minimum absolute atomic E-state index is 0.196. The summed E-state index contributed by atoms with van der Waals surface area (Å²) in [4.78, 5) is 30.4. The summed E-state index contributed by atoms with van der Waals surface area (Å²) in [6, 6.07) is 11.9. The average Bonchev–Trinajstić information content (AvgIpc) is 3.15. The number of oxime groups is 1. The first kappa shape index (κ1) is 23.2. The third kappa shape index (κ3) is 3.99. The Balaban J connectivity index is 1.15. The summed E-state index contributed by atoms with van der Waals surface area (Å²) in [6.07, 6.45) is 4.88. The predicted octanol–water partition coefficient (Wildman–Crippen LogP) is 5.10. The second-order valence-corrected chi connectivity index (χ2v) is 11.1. The van der Waals surface area contributed by atoms with Crippen molar-refractivity contribution >= 4 is 28.4 Å². The van der Waals surface area contributed by atoms with Gasteiger partial charge in [0, 0.05) is 12.0 Å². The van der Waals surface area contributed by atoms with Crippen molar-refractivity contribution in [3.8, 4) is 5.75 Å². The number of nitrogens with zero attached hydrogens (tertiary/aromatic N) is 1. The fourth-order valence-corrected chi connectivity index (χ4v) is 7.19. The van der Waals surface area contributed by atoms with E-state index in [0.717, 1.165) is 54.2 Å². The summed E-state index contributed by atoms with van der Waals surface area (Å²) >= 11 is 0. The van der Waals surface area contributed by atoms with Crippen LogP contribution in [0.1, 0.15) is 57.9 Å². The highest BCUT2D eigenvalue weighted by Gasteiger charge is 2.60. The molecule has 7 nitrogen and oxygen atoms in total. The zero-order chi connectivity index (χ0) is 25.1. The number of ether oxygens (including phenoxy) is 3. The smallest absolute Gasteiger partial charge is 0.360 e. The molecule has 0 radical (unpaired) electrons. The molecule has 4 saturated carbocycles. The number of carbonyl (C=O) groups excluding carboxylic acids is 2. The molecule has 7 heteroatoms. The first-order valence-corrected chi connectivity index (χ1v) is 12.7. The fourth-order valence-electron chi connectivity index (χ4n) is 7.19. The Morgan fingerprint density at radius 3 is 2.56 bits per heavy atom. The Labute approximate surface area is 210 Å². The maximum Gasteiger partial charge on any atom is 0.360 e. The van der Waals surface area contributed by atoms with E-state index in [2.05, 4.69) is 11.7 Å². The molecular formula is C29H31NO6. The highest BCUT2D eigenvalue weighted by molar-refractivity contribution is 6.16. The van der Waals surface area contributed by atoms with Gasteiger partial charge in [0.25, 0.3) is 0 Å². The largest absolute Gasteiger partial charge is 0.484 e. The first-order valence-electron chi connectivity index (χ1n) is 12.7. The van der Waals surface area contributed by atoms with Crippen molar-refractivity contribution in [1.82, 2.24) is 0 Å². The number of fused-ring (bicyclic) bond motifs is 3. The van der Waals surface area contributed by atoms with E-state index in [-0.39, 0.29) is 18.7 Å². The number of esters is 1. The standard InChI is InChI=1S/C29H31NO6/c1-17(2)27(32)35-29-13-19-10-20(14-29)12-28(11-19,16-29)33-15-24(31)36-30-26-18(3)34-23-9-8-21-6-4-5-7-22(21)25(23)26/h4-9,18-20H,1,10-16H2,2-3H3. The van der Waals surface area contributed by atoms with Crippen LogP contribution in [-0.4, -0.2) is 41.6 Å². The van der Waals surface area contributed by atoms with E-state index < -0.39 is 17.2 Å². The van der Waals surface area contributed by atoms with Crippen molar-refractivity contribution in [2.75, 3.05) is 6.61 Å². The zero-order valence-corrected chi connectivity index (χ0v) is 20.7. The van der Waals surface area contributed by atoms with Crippen molar-refractivity contribution in [2.24, 2.45) is 17.0 Å². The minimum Gasteiger partial charge on any atom is -0.484 e. The first-order chi connectivity index (χ1) is 17.2. The van der Waals surface area contributed by atoms with Crippen molar-refractivity contribution in [3.05, 3.63) is 54.1 Å². The molecule has 3 atom stereocenters. The van der Waals surface area contributed by atoms with Crippen molar-refractivity contribution in [1.29, 1.82) is 0 Å². The van der Waals surface area contributed by atoms with Crippen molar-refractivity contribution in [2.45, 2.75) is 69.7 Å². The van der Waals surface area contributed by atoms with Gasteiger partial charge in [0.05, 0.1) is 11.2 Å². The van der Waals surface area contributed by atoms with E-state index in [4.69, 9.17) is 19.0 Å². The molecule has 4 bridgehead atoms. The molecule has 1 heterocycles.